The number of rotatable bonds is 3. The maximum Gasteiger partial charge on any atom is 0.254 e. The Hall–Kier alpha value is -1.89. The van der Waals surface area contributed by atoms with E-state index in [-0.39, 0.29) is 23.9 Å². The van der Waals surface area contributed by atoms with E-state index in [9.17, 15) is 13.2 Å². The third kappa shape index (κ3) is 3.77. The quantitative estimate of drug-likeness (QED) is 0.806. The van der Waals surface area contributed by atoms with Crippen molar-refractivity contribution in [2.45, 2.75) is 18.7 Å². The van der Waals surface area contributed by atoms with Crippen LogP contribution in [0.3, 0.4) is 0 Å². The van der Waals surface area contributed by atoms with Gasteiger partial charge in [-0.25, -0.2) is 8.42 Å². The van der Waals surface area contributed by atoms with Gasteiger partial charge in [0, 0.05) is 36.8 Å². The third-order valence-electron chi connectivity index (χ3n) is 4.60. The Morgan fingerprint density at radius 1 is 0.962 bits per heavy atom. The van der Waals surface area contributed by atoms with Crippen LogP contribution in [0.2, 0.25) is 5.02 Å². The lowest BCUT2D eigenvalue weighted by atomic mass is 10.0. The van der Waals surface area contributed by atoms with Gasteiger partial charge in [0.25, 0.3) is 5.91 Å². The van der Waals surface area contributed by atoms with Crippen LogP contribution >= 0.6 is 11.6 Å². The molecule has 26 heavy (non-hydrogen) atoms. The molecular formula is C19H21ClN2O3S. The molecular weight excluding hydrogens is 372 g/mol. The molecule has 1 heterocycles. The summed E-state index contributed by atoms with van der Waals surface area (Å²) in [7, 11) is -3.57. The van der Waals surface area contributed by atoms with Gasteiger partial charge in [-0.05, 0) is 49.7 Å². The zero-order valence-electron chi connectivity index (χ0n) is 14.8. The van der Waals surface area contributed by atoms with Crippen LogP contribution in [0.15, 0.2) is 47.4 Å². The minimum Gasteiger partial charge on any atom is -0.336 e. The average Bonchev–Trinajstić information content (AvgIpc) is 2.63. The Labute approximate surface area is 159 Å². The monoisotopic (exact) mass is 392 g/mol. The van der Waals surface area contributed by atoms with Crippen molar-refractivity contribution in [3.63, 3.8) is 0 Å². The summed E-state index contributed by atoms with van der Waals surface area (Å²) in [6.07, 6.45) is 0. The molecule has 2 aromatic carbocycles. The van der Waals surface area contributed by atoms with E-state index in [1.165, 1.54) is 16.4 Å². The second-order valence-electron chi connectivity index (χ2n) is 6.47. The van der Waals surface area contributed by atoms with E-state index < -0.39 is 10.0 Å². The number of benzene rings is 2. The van der Waals surface area contributed by atoms with Gasteiger partial charge in [0.05, 0.1) is 4.90 Å². The molecule has 1 aliphatic rings. The van der Waals surface area contributed by atoms with E-state index >= 15 is 0 Å². The highest BCUT2D eigenvalue weighted by Gasteiger charge is 2.30. The average molecular weight is 393 g/mol. The van der Waals surface area contributed by atoms with E-state index in [2.05, 4.69) is 0 Å². The van der Waals surface area contributed by atoms with Crippen molar-refractivity contribution >= 4 is 27.5 Å². The Morgan fingerprint density at radius 2 is 1.58 bits per heavy atom. The number of halogens is 1. The summed E-state index contributed by atoms with van der Waals surface area (Å²) in [5, 5.41) is 0.493. The van der Waals surface area contributed by atoms with Gasteiger partial charge in [-0.2, -0.15) is 4.31 Å². The number of piperazine rings is 1. The summed E-state index contributed by atoms with van der Waals surface area (Å²) in [5.41, 5.74) is 2.64. The van der Waals surface area contributed by atoms with Crippen molar-refractivity contribution < 1.29 is 13.2 Å². The third-order valence-corrected chi connectivity index (χ3v) is 6.77. The van der Waals surface area contributed by atoms with Crippen molar-refractivity contribution in [1.29, 1.82) is 0 Å². The zero-order valence-corrected chi connectivity index (χ0v) is 16.3. The highest BCUT2D eigenvalue weighted by Crippen LogP contribution is 2.21. The van der Waals surface area contributed by atoms with Crippen LogP contribution in [0.4, 0.5) is 0 Å². The topological polar surface area (TPSA) is 57.7 Å². The lowest BCUT2D eigenvalue weighted by Crippen LogP contribution is -2.50. The Bertz CT molecular complexity index is 918. The zero-order chi connectivity index (χ0) is 18.9. The normalized spacial score (nSPS) is 15.9. The molecule has 0 bridgehead atoms. The molecule has 0 unspecified atom stereocenters. The van der Waals surface area contributed by atoms with Crippen LogP contribution in [-0.4, -0.2) is 49.7 Å². The van der Waals surface area contributed by atoms with Gasteiger partial charge >= 0.3 is 0 Å². The van der Waals surface area contributed by atoms with Crippen molar-refractivity contribution in [3.8, 4) is 0 Å². The van der Waals surface area contributed by atoms with Crippen LogP contribution in [0, 0.1) is 13.8 Å². The number of nitrogens with zero attached hydrogens (tertiary/aromatic N) is 2. The molecule has 3 rings (SSSR count). The summed E-state index contributed by atoms with van der Waals surface area (Å²) in [6, 6.07) is 11.9. The van der Waals surface area contributed by atoms with Gasteiger partial charge < -0.3 is 4.90 Å². The minimum absolute atomic E-state index is 0.0465. The second-order valence-corrected chi connectivity index (χ2v) is 8.84. The van der Waals surface area contributed by atoms with E-state index in [4.69, 9.17) is 11.6 Å². The molecule has 0 N–H and O–H groups in total. The first-order chi connectivity index (χ1) is 12.3. The van der Waals surface area contributed by atoms with Crippen LogP contribution in [0.25, 0.3) is 0 Å². The van der Waals surface area contributed by atoms with Crippen LogP contribution in [0.5, 0.6) is 0 Å². The molecule has 1 saturated heterocycles. The smallest absolute Gasteiger partial charge is 0.254 e. The number of carbonyl (C=O) groups is 1. The molecule has 0 radical (unpaired) electrons. The van der Waals surface area contributed by atoms with Gasteiger partial charge in [-0.15, -0.1) is 0 Å². The lowest BCUT2D eigenvalue weighted by Gasteiger charge is -2.34. The summed E-state index contributed by atoms with van der Waals surface area (Å²) in [6.45, 7) is 5.17. The fourth-order valence-electron chi connectivity index (χ4n) is 3.02. The number of sulfonamides is 1. The molecule has 0 aromatic heterocycles. The number of amides is 1. The Balaban J connectivity index is 1.71. The molecule has 138 valence electrons. The number of aryl methyl sites for hydroxylation is 2. The van der Waals surface area contributed by atoms with Gasteiger partial charge in [-0.1, -0.05) is 29.3 Å². The van der Waals surface area contributed by atoms with Gasteiger partial charge in [0.15, 0.2) is 0 Å². The standard InChI is InChI=1S/C19H21ClN2O3S/c1-14-3-4-15(2)18(13-14)19(23)21-9-11-22(12-10-21)26(24,25)17-7-5-16(20)6-8-17/h3-8,13H,9-12H2,1-2H3. The maximum absolute atomic E-state index is 12.8. The molecule has 5 nitrogen and oxygen atoms in total. The molecule has 2 aromatic rings. The largest absolute Gasteiger partial charge is 0.336 e. The molecule has 7 heteroatoms. The van der Waals surface area contributed by atoms with Crippen molar-refractivity contribution in [2.75, 3.05) is 26.2 Å². The fourth-order valence-corrected chi connectivity index (χ4v) is 4.57. The first-order valence-electron chi connectivity index (χ1n) is 8.41. The highest BCUT2D eigenvalue weighted by molar-refractivity contribution is 7.89. The second kappa shape index (κ2) is 7.39. The lowest BCUT2D eigenvalue weighted by molar-refractivity contribution is 0.0697. The number of hydrogen-bond acceptors (Lipinski definition) is 3. The number of carbonyl (C=O) groups excluding carboxylic acids is 1. The van der Waals surface area contributed by atoms with Crippen molar-refractivity contribution in [1.82, 2.24) is 9.21 Å². The molecule has 0 atom stereocenters. The maximum atomic E-state index is 12.8. The predicted molar refractivity (Wildman–Crippen MR) is 102 cm³/mol. The summed E-state index contributed by atoms with van der Waals surface area (Å²) in [4.78, 5) is 14.7. The molecule has 1 fully saturated rings. The van der Waals surface area contributed by atoms with Crippen LogP contribution < -0.4 is 0 Å². The van der Waals surface area contributed by atoms with Crippen molar-refractivity contribution in [2.24, 2.45) is 0 Å². The summed E-state index contributed by atoms with van der Waals surface area (Å²) in [5.74, 6) is -0.0465. The van der Waals surface area contributed by atoms with Crippen LogP contribution in [0.1, 0.15) is 21.5 Å². The van der Waals surface area contributed by atoms with E-state index in [1.807, 2.05) is 32.0 Å². The molecule has 0 saturated carbocycles. The fraction of sp³-hybridized carbons (Fsp3) is 0.316. The van der Waals surface area contributed by atoms with Crippen molar-refractivity contribution in [3.05, 3.63) is 64.2 Å². The minimum atomic E-state index is -3.57. The molecule has 1 aliphatic heterocycles. The highest BCUT2D eigenvalue weighted by atomic mass is 35.5. The predicted octanol–water partition coefficient (Wildman–Crippen LogP) is 3.10. The Morgan fingerprint density at radius 3 is 2.19 bits per heavy atom. The SMILES string of the molecule is Cc1ccc(C)c(C(=O)N2CCN(S(=O)(=O)c3ccc(Cl)cc3)CC2)c1. The van der Waals surface area contributed by atoms with Crippen LogP contribution in [-0.2, 0) is 10.0 Å². The first-order valence-corrected chi connectivity index (χ1v) is 10.2. The van der Waals surface area contributed by atoms with Gasteiger partial charge in [0.1, 0.15) is 0 Å². The van der Waals surface area contributed by atoms with Gasteiger partial charge in [-0.3, -0.25) is 4.79 Å². The summed E-state index contributed by atoms with van der Waals surface area (Å²) >= 11 is 5.83. The Kier molecular flexibility index (Phi) is 5.37. The van der Waals surface area contributed by atoms with E-state index in [0.717, 1.165) is 11.1 Å². The first kappa shape index (κ1) is 18.9. The molecule has 0 aliphatic carbocycles. The molecule has 0 spiro atoms. The van der Waals surface area contributed by atoms with Gasteiger partial charge in [0.2, 0.25) is 10.0 Å². The summed E-state index contributed by atoms with van der Waals surface area (Å²) < 4.78 is 26.9. The molecule has 1 amide bonds. The van der Waals surface area contributed by atoms with E-state index in [1.54, 1.807) is 17.0 Å². The van der Waals surface area contributed by atoms with E-state index in [0.29, 0.717) is 23.7 Å². The number of hydrogen-bond donors (Lipinski definition) is 0.